The molecular weight excluding hydrogens is 523 g/mol. The van der Waals surface area contributed by atoms with E-state index in [9.17, 15) is 24.1 Å². The number of non-ortho nitro benzene ring substituents is 1. The number of nitro benzene ring substituents is 1. The Morgan fingerprint density at radius 3 is 2.51 bits per heavy atom. The van der Waals surface area contributed by atoms with E-state index in [1.807, 2.05) is 0 Å². The van der Waals surface area contributed by atoms with E-state index in [1.54, 1.807) is 37.3 Å². The Balaban J connectivity index is 1.50. The normalized spacial score (nSPS) is 14.4. The number of nitrogens with zero attached hydrogens (tertiary/aromatic N) is 2. The molecule has 1 heterocycles. The Morgan fingerprint density at radius 1 is 1.08 bits per heavy atom. The molecule has 0 saturated carbocycles. The van der Waals surface area contributed by atoms with Crippen LogP contribution in [-0.2, 0) is 17.9 Å². The number of benzene rings is 3. The van der Waals surface area contributed by atoms with Gasteiger partial charge in [-0.2, -0.15) is 0 Å². The highest BCUT2D eigenvalue weighted by Gasteiger charge is 2.35. The Kier molecular flexibility index (Phi) is 8.10. The summed E-state index contributed by atoms with van der Waals surface area (Å²) in [6, 6.07) is 15.0. The van der Waals surface area contributed by atoms with Gasteiger partial charge in [0.1, 0.15) is 12.4 Å². The maximum Gasteiger partial charge on any atom is 0.293 e. The molecule has 3 aromatic rings. The third-order valence-corrected chi connectivity index (χ3v) is 6.62. The van der Waals surface area contributed by atoms with Crippen LogP contribution < -0.4 is 9.47 Å². The van der Waals surface area contributed by atoms with Gasteiger partial charge < -0.3 is 9.47 Å². The van der Waals surface area contributed by atoms with Gasteiger partial charge in [0.25, 0.3) is 16.8 Å². The van der Waals surface area contributed by atoms with Crippen molar-refractivity contribution in [2.45, 2.75) is 20.1 Å². The fourth-order valence-corrected chi connectivity index (χ4v) is 4.57. The smallest absolute Gasteiger partial charge is 0.293 e. The van der Waals surface area contributed by atoms with E-state index >= 15 is 0 Å². The number of ether oxygens (including phenoxy) is 2. The third kappa shape index (κ3) is 6.10. The first-order valence-electron chi connectivity index (χ1n) is 11.1. The fraction of sp³-hybridized carbons (Fsp3) is 0.154. The van der Waals surface area contributed by atoms with E-state index in [0.29, 0.717) is 29.2 Å². The molecule has 4 rings (SSSR count). The van der Waals surface area contributed by atoms with E-state index < -0.39 is 21.9 Å². The van der Waals surface area contributed by atoms with Crippen LogP contribution >= 0.6 is 23.4 Å². The number of imide groups is 1. The molecule has 0 aliphatic carbocycles. The molecule has 1 aliphatic rings. The minimum atomic E-state index is -0.519. The van der Waals surface area contributed by atoms with Crippen LogP contribution in [0.25, 0.3) is 6.08 Å². The standard InChI is InChI=1S/C26H20ClFN2O6S/c1-2-35-23-12-17(8-11-22(23)36-15-19-20(27)4-3-5-21(19)28)13-24-25(31)29(26(32)37-24)14-16-6-9-18(10-7-16)30(33)34/h3-13H,2,14-15H2,1H3/b24-13-. The van der Waals surface area contributed by atoms with Gasteiger partial charge in [-0.25, -0.2) is 4.39 Å². The maximum atomic E-state index is 14.1. The minimum absolute atomic E-state index is 0.00439. The summed E-state index contributed by atoms with van der Waals surface area (Å²) < 4.78 is 25.5. The number of carbonyl (C=O) groups excluding carboxylic acids is 2. The van der Waals surface area contributed by atoms with Crippen molar-refractivity contribution < 1.29 is 28.4 Å². The van der Waals surface area contributed by atoms with E-state index in [2.05, 4.69) is 0 Å². The van der Waals surface area contributed by atoms with Crippen LogP contribution in [0.2, 0.25) is 5.02 Å². The fourth-order valence-electron chi connectivity index (χ4n) is 3.52. The molecule has 8 nitrogen and oxygen atoms in total. The summed E-state index contributed by atoms with van der Waals surface area (Å²) in [5.41, 5.74) is 1.33. The zero-order valence-electron chi connectivity index (χ0n) is 19.5. The van der Waals surface area contributed by atoms with Crippen molar-refractivity contribution in [3.05, 3.63) is 103 Å². The first-order chi connectivity index (χ1) is 17.8. The molecular formula is C26H20ClFN2O6S. The van der Waals surface area contributed by atoms with Gasteiger partial charge in [0.05, 0.1) is 28.0 Å². The number of nitro groups is 1. The van der Waals surface area contributed by atoms with E-state index in [4.69, 9.17) is 21.1 Å². The van der Waals surface area contributed by atoms with Crippen molar-refractivity contribution in [1.82, 2.24) is 4.90 Å². The molecule has 0 aromatic heterocycles. The Bertz CT molecular complexity index is 1380. The van der Waals surface area contributed by atoms with Crippen molar-refractivity contribution in [1.29, 1.82) is 0 Å². The summed E-state index contributed by atoms with van der Waals surface area (Å²) in [5.74, 6) is -0.203. The Hall–Kier alpha value is -3.89. The summed E-state index contributed by atoms with van der Waals surface area (Å²) in [7, 11) is 0. The highest BCUT2D eigenvalue weighted by molar-refractivity contribution is 8.18. The van der Waals surface area contributed by atoms with Crippen molar-refractivity contribution in [3.8, 4) is 11.5 Å². The summed E-state index contributed by atoms with van der Waals surface area (Å²) >= 11 is 6.87. The third-order valence-electron chi connectivity index (χ3n) is 5.36. The van der Waals surface area contributed by atoms with Crippen LogP contribution in [-0.4, -0.2) is 27.6 Å². The summed E-state index contributed by atoms with van der Waals surface area (Å²) in [4.78, 5) is 37.0. The minimum Gasteiger partial charge on any atom is -0.490 e. The number of hydrogen-bond donors (Lipinski definition) is 0. The van der Waals surface area contributed by atoms with Gasteiger partial charge in [-0.1, -0.05) is 35.9 Å². The highest BCUT2D eigenvalue weighted by atomic mass is 35.5. The predicted molar refractivity (Wildman–Crippen MR) is 138 cm³/mol. The summed E-state index contributed by atoms with van der Waals surface area (Å²) in [5, 5.41) is 10.6. The van der Waals surface area contributed by atoms with E-state index in [-0.39, 0.29) is 34.3 Å². The number of hydrogen-bond acceptors (Lipinski definition) is 7. The maximum absolute atomic E-state index is 14.1. The van der Waals surface area contributed by atoms with Crippen LogP contribution in [0.15, 0.2) is 65.6 Å². The molecule has 2 amide bonds. The van der Waals surface area contributed by atoms with Crippen molar-refractivity contribution in [2.75, 3.05) is 6.61 Å². The second-order valence-electron chi connectivity index (χ2n) is 7.82. The van der Waals surface area contributed by atoms with Crippen LogP contribution in [0.5, 0.6) is 11.5 Å². The molecule has 1 fully saturated rings. The molecule has 0 spiro atoms. The van der Waals surface area contributed by atoms with Crippen LogP contribution in [0, 0.1) is 15.9 Å². The molecule has 3 aromatic carbocycles. The second kappa shape index (κ2) is 11.4. The average Bonchev–Trinajstić information content (AvgIpc) is 3.12. The second-order valence-corrected chi connectivity index (χ2v) is 9.22. The molecule has 1 aliphatic heterocycles. The molecule has 0 radical (unpaired) electrons. The average molecular weight is 543 g/mol. The van der Waals surface area contributed by atoms with Crippen molar-refractivity contribution in [2.24, 2.45) is 0 Å². The lowest BCUT2D eigenvalue weighted by Crippen LogP contribution is -2.27. The zero-order chi connectivity index (χ0) is 26.5. The molecule has 11 heteroatoms. The van der Waals surface area contributed by atoms with Crippen LogP contribution in [0.3, 0.4) is 0 Å². The van der Waals surface area contributed by atoms with Gasteiger partial charge in [0, 0.05) is 17.7 Å². The van der Waals surface area contributed by atoms with Crippen molar-refractivity contribution in [3.63, 3.8) is 0 Å². The van der Waals surface area contributed by atoms with E-state index in [1.165, 1.54) is 36.4 Å². The molecule has 1 saturated heterocycles. The molecule has 37 heavy (non-hydrogen) atoms. The lowest BCUT2D eigenvalue weighted by Gasteiger charge is -2.14. The van der Waals surface area contributed by atoms with Gasteiger partial charge in [-0.3, -0.25) is 24.6 Å². The SMILES string of the molecule is CCOc1cc(/C=C2\SC(=O)N(Cc3ccc([N+](=O)[O-])cc3)C2=O)ccc1OCc1c(F)cccc1Cl. The first kappa shape index (κ1) is 26.2. The number of thioether (sulfide) groups is 1. The highest BCUT2D eigenvalue weighted by Crippen LogP contribution is 2.36. The Labute approximate surface area is 220 Å². The predicted octanol–water partition coefficient (Wildman–Crippen LogP) is 6.60. The number of carbonyl (C=O) groups is 2. The monoisotopic (exact) mass is 542 g/mol. The van der Waals surface area contributed by atoms with Crippen LogP contribution in [0.4, 0.5) is 14.9 Å². The topological polar surface area (TPSA) is 99.0 Å². The quantitative estimate of drug-likeness (QED) is 0.170. The van der Waals surface area contributed by atoms with Gasteiger partial charge in [0.2, 0.25) is 0 Å². The van der Waals surface area contributed by atoms with E-state index in [0.717, 1.165) is 16.7 Å². The van der Waals surface area contributed by atoms with Gasteiger partial charge in [0.15, 0.2) is 11.5 Å². The zero-order valence-corrected chi connectivity index (χ0v) is 21.1. The molecule has 0 unspecified atom stereocenters. The van der Waals surface area contributed by atoms with Gasteiger partial charge in [-0.05, 0) is 60.2 Å². The number of halogens is 2. The van der Waals surface area contributed by atoms with Crippen molar-refractivity contribution >= 4 is 46.3 Å². The summed E-state index contributed by atoms with van der Waals surface area (Å²) in [6.07, 6.45) is 1.57. The van der Waals surface area contributed by atoms with Crippen LogP contribution in [0.1, 0.15) is 23.6 Å². The van der Waals surface area contributed by atoms with Gasteiger partial charge in [-0.15, -0.1) is 0 Å². The molecule has 0 bridgehead atoms. The number of amides is 2. The number of rotatable bonds is 9. The van der Waals surface area contributed by atoms with Gasteiger partial charge >= 0.3 is 0 Å². The molecule has 190 valence electrons. The molecule has 0 N–H and O–H groups in total. The Morgan fingerprint density at radius 2 is 1.84 bits per heavy atom. The largest absolute Gasteiger partial charge is 0.490 e. The lowest BCUT2D eigenvalue weighted by molar-refractivity contribution is -0.384. The first-order valence-corrected chi connectivity index (χ1v) is 12.3. The summed E-state index contributed by atoms with van der Waals surface area (Å²) in [6.45, 7) is 2.03. The lowest BCUT2D eigenvalue weighted by atomic mass is 10.1. The molecule has 0 atom stereocenters.